The van der Waals surface area contributed by atoms with E-state index in [1.165, 1.54) is 5.56 Å². The lowest BCUT2D eigenvalue weighted by Gasteiger charge is -2.27. The van der Waals surface area contributed by atoms with Crippen molar-refractivity contribution in [3.05, 3.63) is 29.8 Å². The molecule has 2 atom stereocenters. The van der Waals surface area contributed by atoms with Crippen LogP contribution < -0.4 is 11.5 Å². The van der Waals surface area contributed by atoms with E-state index in [4.69, 9.17) is 11.5 Å². The summed E-state index contributed by atoms with van der Waals surface area (Å²) in [6.07, 6.45) is 0. The normalized spacial score (nSPS) is 15.1. The molecule has 0 bridgehead atoms. The molecular weight excluding hydrogens is 200 g/mol. The van der Waals surface area contributed by atoms with Gasteiger partial charge in [-0.2, -0.15) is 0 Å². The van der Waals surface area contributed by atoms with Crippen molar-refractivity contribution in [2.24, 2.45) is 23.3 Å². The zero-order valence-electron chi connectivity index (χ0n) is 10.1. The number of hydrogen-bond donors (Lipinski definition) is 3. The molecule has 0 fully saturated rings. The molecule has 90 valence electrons. The predicted molar refractivity (Wildman–Crippen MR) is 67.3 cm³/mol. The largest absolute Gasteiger partial charge is 0.508 e. The van der Waals surface area contributed by atoms with Gasteiger partial charge in [0.25, 0.3) is 0 Å². The van der Waals surface area contributed by atoms with E-state index in [2.05, 4.69) is 13.8 Å². The molecule has 0 radical (unpaired) electrons. The summed E-state index contributed by atoms with van der Waals surface area (Å²) in [7, 11) is 0. The van der Waals surface area contributed by atoms with Gasteiger partial charge in [-0.3, -0.25) is 0 Å². The Kier molecular flexibility index (Phi) is 4.77. The van der Waals surface area contributed by atoms with E-state index in [1.54, 1.807) is 12.1 Å². The van der Waals surface area contributed by atoms with Crippen LogP contribution >= 0.6 is 0 Å². The molecule has 5 N–H and O–H groups in total. The minimum absolute atomic E-state index is 0.304. The summed E-state index contributed by atoms with van der Waals surface area (Å²) in [5, 5.41) is 9.24. The first-order valence-electron chi connectivity index (χ1n) is 5.79. The molecule has 0 aliphatic carbocycles. The second kappa shape index (κ2) is 5.87. The second-order valence-electron chi connectivity index (χ2n) is 4.47. The Balaban J connectivity index is 2.76. The van der Waals surface area contributed by atoms with Gasteiger partial charge in [0.2, 0.25) is 0 Å². The summed E-state index contributed by atoms with van der Waals surface area (Å²) in [5.74, 6) is 1.50. The highest BCUT2D eigenvalue weighted by Crippen LogP contribution is 2.29. The first-order chi connectivity index (χ1) is 7.60. The molecule has 1 aromatic carbocycles. The van der Waals surface area contributed by atoms with Crippen molar-refractivity contribution in [3.8, 4) is 5.75 Å². The molecule has 0 aliphatic heterocycles. The highest BCUT2D eigenvalue weighted by atomic mass is 16.3. The molecule has 0 aliphatic rings. The third-order valence-corrected chi connectivity index (χ3v) is 3.56. The highest BCUT2D eigenvalue weighted by Gasteiger charge is 2.21. The fourth-order valence-corrected chi connectivity index (χ4v) is 2.02. The monoisotopic (exact) mass is 222 g/mol. The van der Waals surface area contributed by atoms with E-state index in [9.17, 15) is 5.11 Å². The number of phenols is 1. The number of nitrogens with two attached hydrogens (primary N) is 2. The zero-order valence-corrected chi connectivity index (χ0v) is 10.1. The molecule has 0 amide bonds. The van der Waals surface area contributed by atoms with Gasteiger partial charge in [-0.05, 0) is 48.5 Å². The maximum atomic E-state index is 9.24. The number of hydrogen-bond acceptors (Lipinski definition) is 3. The molecule has 2 unspecified atom stereocenters. The van der Waals surface area contributed by atoms with Crippen LogP contribution in [0.15, 0.2) is 24.3 Å². The van der Waals surface area contributed by atoms with Gasteiger partial charge in [0, 0.05) is 0 Å². The summed E-state index contributed by atoms with van der Waals surface area (Å²) >= 11 is 0. The van der Waals surface area contributed by atoms with Gasteiger partial charge >= 0.3 is 0 Å². The van der Waals surface area contributed by atoms with Crippen LogP contribution in [-0.4, -0.2) is 18.2 Å². The molecule has 1 rings (SSSR count). The maximum absolute atomic E-state index is 9.24. The molecule has 0 heterocycles. The average molecular weight is 222 g/mol. The second-order valence-corrected chi connectivity index (χ2v) is 4.47. The van der Waals surface area contributed by atoms with Crippen molar-refractivity contribution >= 4 is 0 Å². The minimum Gasteiger partial charge on any atom is -0.508 e. The molecule has 1 aromatic rings. The highest BCUT2D eigenvalue weighted by molar-refractivity contribution is 5.28. The standard InChI is InChI=1S/C13H22N2O/c1-9(10(2)12(7-14)8-15)11-3-5-13(16)6-4-11/h3-6,9-10,12,16H,7-8,14-15H2,1-2H3. The van der Waals surface area contributed by atoms with Gasteiger partial charge in [0.1, 0.15) is 5.75 Å². The average Bonchev–Trinajstić information content (AvgIpc) is 2.30. The van der Waals surface area contributed by atoms with Crippen molar-refractivity contribution in [1.29, 1.82) is 0 Å². The van der Waals surface area contributed by atoms with Gasteiger partial charge in [-0.15, -0.1) is 0 Å². The Labute approximate surface area is 97.5 Å². The van der Waals surface area contributed by atoms with E-state index in [-0.39, 0.29) is 0 Å². The van der Waals surface area contributed by atoms with E-state index >= 15 is 0 Å². The van der Waals surface area contributed by atoms with Crippen LogP contribution in [0.5, 0.6) is 5.75 Å². The first-order valence-corrected chi connectivity index (χ1v) is 5.79. The smallest absolute Gasteiger partial charge is 0.115 e. The van der Waals surface area contributed by atoms with Crippen LogP contribution in [0.3, 0.4) is 0 Å². The van der Waals surface area contributed by atoms with E-state index in [1.807, 2.05) is 12.1 Å². The quantitative estimate of drug-likeness (QED) is 0.709. The first kappa shape index (κ1) is 13.0. The molecule has 0 saturated carbocycles. The third-order valence-electron chi connectivity index (χ3n) is 3.56. The van der Waals surface area contributed by atoms with E-state index in [0.717, 1.165) is 0 Å². The van der Waals surface area contributed by atoms with Gasteiger partial charge in [-0.25, -0.2) is 0 Å². The van der Waals surface area contributed by atoms with E-state index < -0.39 is 0 Å². The van der Waals surface area contributed by atoms with Crippen LogP contribution in [0.2, 0.25) is 0 Å². The molecule has 3 heteroatoms. The van der Waals surface area contributed by atoms with Crippen molar-refractivity contribution in [3.63, 3.8) is 0 Å². The lowest BCUT2D eigenvalue weighted by molar-refractivity contribution is 0.328. The topological polar surface area (TPSA) is 72.3 Å². The van der Waals surface area contributed by atoms with Crippen LogP contribution in [0.4, 0.5) is 0 Å². The molecular formula is C13H22N2O. The van der Waals surface area contributed by atoms with Crippen molar-refractivity contribution in [1.82, 2.24) is 0 Å². The summed E-state index contributed by atoms with van der Waals surface area (Å²) < 4.78 is 0. The fourth-order valence-electron chi connectivity index (χ4n) is 2.02. The summed E-state index contributed by atoms with van der Waals surface area (Å²) in [5.41, 5.74) is 12.6. The molecule has 0 spiro atoms. The molecule has 0 aromatic heterocycles. The SMILES string of the molecule is CC(c1ccc(O)cc1)C(C)C(CN)CN. The van der Waals surface area contributed by atoms with Gasteiger partial charge in [0.15, 0.2) is 0 Å². The Hall–Kier alpha value is -1.06. The van der Waals surface area contributed by atoms with Crippen LogP contribution in [0.25, 0.3) is 0 Å². The molecule has 0 saturated heterocycles. The van der Waals surface area contributed by atoms with Crippen LogP contribution in [0.1, 0.15) is 25.3 Å². The van der Waals surface area contributed by atoms with Crippen LogP contribution in [0, 0.1) is 11.8 Å². The number of rotatable bonds is 5. The Morgan fingerprint density at radius 2 is 1.56 bits per heavy atom. The fraction of sp³-hybridized carbons (Fsp3) is 0.538. The molecule has 3 nitrogen and oxygen atoms in total. The Morgan fingerprint density at radius 1 is 1.06 bits per heavy atom. The zero-order chi connectivity index (χ0) is 12.1. The number of phenolic OH excluding ortho intramolecular Hbond substituents is 1. The summed E-state index contributed by atoms with van der Waals surface area (Å²) in [4.78, 5) is 0. The maximum Gasteiger partial charge on any atom is 0.115 e. The van der Waals surface area contributed by atoms with E-state index in [0.29, 0.717) is 36.6 Å². The van der Waals surface area contributed by atoms with Crippen molar-refractivity contribution in [2.75, 3.05) is 13.1 Å². The summed E-state index contributed by atoms with van der Waals surface area (Å²) in [6.45, 7) is 5.61. The van der Waals surface area contributed by atoms with Gasteiger partial charge < -0.3 is 16.6 Å². The predicted octanol–water partition coefficient (Wildman–Crippen LogP) is 1.67. The van der Waals surface area contributed by atoms with Crippen molar-refractivity contribution < 1.29 is 5.11 Å². The van der Waals surface area contributed by atoms with Gasteiger partial charge in [0.05, 0.1) is 0 Å². The van der Waals surface area contributed by atoms with Gasteiger partial charge in [-0.1, -0.05) is 26.0 Å². The minimum atomic E-state index is 0.304. The van der Waals surface area contributed by atoms with Crippen LogP contribution in [-0.2, 0) is 0 Å². The number of benzene rings is 1. The lowest BCUT2D eigenvalue weighted by Crippen LogP contribution is -2.31. The molecule has 16 heavy (non-hydrogen) atoms. The number of aromatic hydroxyl groups is 1. The summed E-state index contributed by atoms with van der Waals surface area (Å²) in [6, 6.07) is 7.36. The lowest BCUT2D eigenvalue weighted by atomic mass is 9.80. The van der Waals surface area contributed by atoms with Crippen molar-refractivity contribution in [2.45, 2.75) is 19.8 Å². The Bertz CT molecular complexity index is 306. The Morgan fingerprint density at radius 3 is 2.00 bits per heavy atom. The third kappa shape index (κ3) is 2.97.